The van der Waals surface area contributed by atoms with Crippen molar-refractivity contribution in [2.45, 2.75) is 6.92 Å². The Kier molecular flexibility index (Phi) is 3.70. The Hall–Kier alpha value is -3.50. The minimum atomic E-state index is -1.85. The molecule has 0 aliphatic carbocycles. The number of Topliss-reactive ketones (excluding diaryl/α,β-unsaturated/α-hetero) is 2. The highest BCUT2D eigenvalue weighted by molar-refractivity contribution is 6.59. The van der Waals surface area contributed by atoms with Crippen LogP contribution in [0.15, 0.2) is 18.2 Å². The molecule has 1 aliphatic rings. The van der Waals surface area contributed by atoms with Gasteiger partial charge in [-0.25, -0.2) is 4.90 Å². The van der Waals surface area contributed by atoms with Gasteiger partial charge in [0.1, 0.15) is 11.5 Å². The first kappa shape index (κ1) is 15.9. The molecule has 0 aromatic heterocycles. The first-order valence-electron chi connectivity index (χ1n) is 6.02. The molecule has 0 radical (unpaired) electrons. The number of carbonyl (C=O) groups is 4. The summed E-state index contributed by atoms with van der Waals surface area (Å²) >= 11 is 0. The summed E-state index contributed by atoms with van der Waals surface area (Å²) in [7, 11) is 0. The van der Waals surface area contributed by atoms with Crippen molar-refractivity contribution < 1.29 is 29.0 Å². The van der Waals surface area contributed by atoms with Gasteiger partial charge in [0.05, 0.1) is 15.9 Å². The van der Waals surface area contributed by atoms with Crippen LogP contribution in [0.1, 0.15) is 6.92 Å². The van der Waals surface area contributed by atoms with E-state index in [0.29, 0.717) is 6.07 Å². The molecule has 1 atom stereocenters. The van der Waals surface area contributed by atoms with Crippen molar-refractivity contribution in [3.05, 3.63) is 38.4 Å². The van der Waals surface area contributed by atoms with Gasteiger partial charge in [-0.05, 0) is 13.0 Å². The molecule has 1 aromatic carbocycles. The number of imide groups is 1. The summed E-state index contributed by atoms with van der Waals surface area (Å²) in [6, 6.07) is 2.21. The van der Waals surface area contributed by atoms with Crippen LogP contribution in [0.25, 0.3) is 0 Å². The number of carbonyl (C=O) groups excluding carboxylic acids is 4. The average Bonchev–Trinajstić information content (AvgIpc) is 2.68. The molecule has 11 nitrogen and oxygen atoms in total. The van der Waals surface area contributed by atoms with Gasteiger partial charge in [-0.1, -0.05) is 0 Å². The molecule has 1 heterocycles. The maximum absolute atomic E-state index is 12.1. The molecule has 0 bridgehead atoms. The molecule has 1 saturated heterocycles. The summed E-state index contributed by atoms with van der Waals surface area (Å²) < 4.78 is 0. The van der Waals surface area contributed by atoms with E-state index in [-0.39, 0.29) is 4.90 Å². The smallest absolute Gasteiger partial charge is 0.299 e. The number of nitro groups is 2. The van der Waals surface area contributed by atoms with Crippen LogP contribution in [0, 0.1) is 26.1 Å². The zero-order valence-electron chi connectivity index (χ0n) is 11.4. The molecule has 0 N–H and O–H groups in total. The van der Waals surface area contributed by atoms with Gasteiger partial charge >= 0.3 is 5.91 Å². The molecule has 2 rings (SSSR count). The van der Waals surface area contributed by atoms with Crippen molar-refractivity contribution in [3.8, 4) is 0 Å². The molecular weight excluding hydrogens is 314 g/mol. The molecule has 118 valence electrons. The molecule has 1 aromatic rings. The van der Waals surface area contributed by atoms with Crippen LogP contribution in [0.4, 0.5) is 17.1 Å². The lowest BCUT2D eigenvalue weighted by Crippen LogP contribution is -2.32. The standard InChI is InChI=1S/C12H7N3O8/c1-5(16)9-10(17)12(19)13(11(9)18)7-3-2-6(14(20)21)4-8(7)15(22)23/h2-4,9H,1H3/t9-/m1/s1. The van der Waals surface area contributed by atoms with Crippen molar-refractivity contribution in [1.82, 2.24) is 0 Å². The third-order valence-corrected chi connectivity index (χ3v) is 3.16. The minimum absolute atomic E-state index is 0.205. The highest BCUT2D eigenvalue weighted by Crippen LogP contribution is 2.35. The molecule has 0 saturated carbocycles. The van der Waals surface area contributed by atoms with Crippen LogP contribution in [0.2, 0.25) is 0 Å². The number of anilines is 1. The number of benzene rings is 1. The summed E-state index contributed by atoms with van der Waals surface area (Å²) in [5.41, 5.74) is -2.14. The Morgan fingerprint density at radius 3 is 2.17 bits per heavy atom. The minimum Gasteiger partial charge on any atom is -0.299 e. The Balaban J connectivity index is 2.62. The molecular formula is C12H7N3O8. The van der Waals surface area contributed by atoms with Gasteiger partial charge in [-0.3, -0.25) is 39.4 Å². The van der Waals surface area contributed by atoms with E-state index in [2.05, 4.69) is 0 Å². The fourth-order valence-corrected chi connectivity index (χ4v) is 2.12. The molecule has 23 heavy (non-hydrogen) atoms. The fraction of sp³-hybridized carbons (Fsp3) is 0.167. The largest absolute Gasteiger partial charge is 0.302 e. The number of ketones is 2. The van der Waals surface area contributed by atoms with Crippen molar-refractivity contribution >= 4 is 40.4 Å². The van der Waals surface area contributed by atoms with Crippen molar-refractivity contribution in [2.24, 2.45) is 5.92 Å². The zero-order chi connectivity index (χ0) is 17.5. The molecule has 2 amide bonds. The monoisotopic (exact) mass is 321 g/mol. The zero-order valence-corrected chi connectivity index (χ0v) is 11.4. The number of amides is 2. The second-order valence-electron chi connectivity index (χ2n) is 4.57. The third kappa shape index (κ3) is 2.43. The van der Waals surface area contributed by atoms with E-state index in [9.17, 15) is 39.4 Å². The quantitative estimate of drug-likeness (QED) is 0.249. The number of rotatable bonds is 4. The van der Waals surface area contributed by atoms with Crippen molar-refractivity contribution in [2.75, 3.05) is 4.90 Å². The average molecular weight is 321 g/mol. The first-order valence-corrected chi connectivity index (χ1v) is 6.02. The summed E-state index contributed by atoms with van der Waals surface area (Å²) in [4.78, 5) is 66.9. The summed E-state index contributed by atoms with van der Waals surface area (Å²) in [6.07, 6.45) is 0. The number of hydrogen-bond acceptors (Lipinski definition) is 8. The normalized spacial score (nSPS) is 17.5. The van der Waals surface area contributed by atoms with E-state index in [0.717, 1.165) is 19.1 Å². The van der Waals surface area contributed by atoms with E-state index in [1.807, 2.05) is 0 Å². The summed E-state index contributed by atoms with van der Waals surface area (Å²) in [5, 5.41) is 21.7. The molecule has 0 spiro atoms. The van der Waals surface area contributed by atoms with Crippen LogP contribution in [-0.4, -0.2) is 33.2 Å². The second-order valence-corrected chi connectivity index (χ2v) is 4.57. The van der Waals surface area contributed by atoms with Gasteiger partial charge in [0.2, 0.25) is 5.78 Å². The van der Waals surface area contributed by atoms with Crippen LogP contribution in [-0.2, 0) is 19.2 Å². The maximum Gasteiger partial charge on any atom is 0.302 e. The molecule has 1 fully saturated rings. The van der Waals surface area contributed by atoms with E-state index in [1.165, 1.54) is 0 Å². The van der Waals surface area contributed by atoms with Gasteiger partial charge < -0.3 is 0 Å². The SMILES string of the molecule is CC(=O)[C@@H]1C(=O)C(=O)N(c2ccc([N+](=O)[O-])cc2[N+](=O)[O-])C1=O. The predicted molar refractivity (Wildman–Crippen MR) is 71.4 cm³/mol. The van der Waals surface area contributed by atoms with Crippen LogP contribution in [0.3, 0.4) is 0 Å². The Labute approximate surface area is 126 Å². The first-order chi connectivity index (χ1) is 10.7. The van der Waals surface area contributed by atoms with Crippen LogP contribution in [0.5, 0.6) is 0 Å². The Morgan fingerprint density at radius 1 is 1.13 bits per heavy atom. The molecule has 1 aliphatic heterocycles. The van der Waals surface area contributed by atoms with Gasteiger partial charge in [-0.15, -0.1) is 0 Å². The van der Waals surface area contributed by atoms with E-state index in [4.69, 9.17) is 0 Å². The second kappa shape index (κ2) is 5.36. The maximum atomic E-state index is 12.1. The van der Waals surface area contributed by atoms with Gasteiger partial charge in [0, 0.05) is 6.07 Å². The number of hydrogen-bond donors (Lipinski definition) is 0. The van der Waals surface area contributed by atoms with Crippen molar-refractivity contribution in [3.63, 3.8) is 0 Å². The lowest BCUT2D eigenvalue weighted by Gasteiger charge is -2.13. The summed E-state index contributed by atoms with van der Waals surface area (Å²) in [6.45, 7) is 0.932. The predicted octanol–water partition coefficient (Wildman–Crippen LogP) is 0.150. The van der Waals surface area contributed by atoms with E-state index < -0.39 is 56.2 Å². The Bertz CT molecular complexity index is 799. The van der Waals surface area contributed by atoms with Crippen LogP contribution < -0.4 is 4.90 Å². The van der Waals surface area contributed by atoms with Crippen LogP contribution >= 0.6 is 0 Å². The topological polar surface area (TPSA) is 158 Å². The fourth-order valence-electron chi connectivity index (χ4n) is 2.12. The van der Waals surface area contributed by atoms with Gasteiger partial charge in [0.25, 0.3) is 17.3 Å². The molecule has 11 heteroatoms. The lowest BCUT2D eigenvalue weighted by molar-refractivity contribution is -0.393. The highest BCUT2D eigenvalue weighted by Gasteiger charge is 2.51. The number of non-ortho nitro benzene ring substituents is 1. The third-order valence-electron chi connectivity index (χ3n) is 3.16. The Morgan fingerprint density at radius 2 is 1.74 bits per heavy atom. The van der Waals surface area contributed by atoms with E-state index in [1.54, 1.807) is 0 Å². The van der Waals surface area contributed by atoms with Gasteiger partial charge in [0.15, 0.2) is 5.92 Å². The van der Waals surface area contributed by atoms with Gasteiger partial charge in [-0.2, -0.15) is 0 Å². The highest BCUT2D eigenvalue weighted by atomic mass is 16.6. The molecule has 0 unspecified atom stereocenters. The lowest BCUT2D eigenvalue weighted by atomic mass is 10.0. The summed E-state index contributed by atoms with van der Waals surface area (Å²) in [5.74, 6) is -6.63. The number of nitrogens with zero attached hydrogens (tertiary/aromatic N) is 3. The van der Waals surface area contributed by atoms with Crippen molar-refractivity contribution in [1.29, 1.82) is 0 Å². The number of nitro benzene ring substituents is 2. The van der Waals surface area contributed by atoms with E-state index >= 15 is 0 Å².